The fourth-order valence-corrected chi connectivity index (χ4v) is 1.25. The van der Waals surface area contributed by atoms with Gasteiger partial charge in [0.1, 0.15) is 0 Å². The number of carbonyl (C=O) groups is 1. The maximum Gasteiger partial charge on any atom is 0.326 e. The molecule has 0 unspecified atom stereocenters. The normalized spacial score (nSPS) is 14.0. The van der Waals surface area contributed by atoms with Crippen molar-refractivity contribution in [3.05, 3.63) is 49.0 Å². The van der Waals surface area contributed by atoms with Gasteiger partial charge in [-0.1, -0.05) is 12.2 Å². The number of aromatic nitrogens is 1. The minimum Gasteiger partial charge on any atom is -0.306 e. The molecule has 0 spiro atoms. The van der Waals surface area contributed by atoms with Crippen molar-refractivity contribution in [1.82, 2.24) is 9.88 Å². The average Bonchev–Trinajstić information content (AvgIpc) is 2.31. The highest BCUT2D eigenvalue weighted by Gasteiger charge is 2.10. The smallest absolute Gasteiger partial charge is 0.306 e. The first-order valence-corrected chi connectivity index (χ1v) is 4.67. The Hall–Kier alpha value is -2.10. The molecule has 1 aromatic heterocycles. The van der Waals surface area contributed by atoms with Gasteiger partial charge in [-0.05, 0) is 18.2 Å². The maximum atomic E-state index is 11.7. The number of hydrogen-bond acceptors (Lipinski definition) is 2. The Morgan fingerprint density at radius 2 is 2.40 bits per heavy atom. The van der Waals surface area contributed by atoms with Gasteiger partial charge in [0.15, 0.2) is 0 Å². The molecule has 0 saturated heterocycles. The lowest BCUT2D eigenvalue weighted by atomic mass is 10.3. The molecular formula is C11H11N3O. The Morgan fingerprint density at radius 1 is 1.47 bits per heavy atom. The molecule has 0 radical (unpaired) electrons. The van der Waals surface area contributed by atoms with Crippen LogP contribution in [-0.4, -0.2) is 22.5 Å². The van der Waals surface area contributed by atoms with Gasteiger partial charge < -0.3 is 5.32 Å². The van der Waals surface area contributed by atoms with E-state index in [1.807, 2.05) is 18.2 Å². The van der Waals surface area contributed by atoms with Crippen LogP contribution in [0, 0.1) is 0 Å². The highest BCUT2D eigenvalue weighted by molar-refractivity contribution is 5.90. The quantitative estimate of drug-likeness (QED) is 0.755. The first kappa shape index (κ1) is 9.45. The summed E-state index contributed by atoms with van der Waals surface area (Å²) in [4.78, 5) is 17.2. The largest absolute Gasteiger partial charge is 0.326 e. The van der Waals surface area contributed by atoms with Crippen molar-refractivity contribution in [2.24, 2.45) is 0 Å². The molecule has 2 amide bonds. The van der Waals surface area contributed by atoms with Crippen LogP contribution in [0.3, 0.4) is 0 Å². The zero-order valence-corrected chi connectivity index (χ0v) is 8.13. The Bertz CT molecular complexity index is 398. The van der Waals surface area contributed by atoms with E-state index in [0.29, 0.717) is 12.2 Å². The number of pyridine rings is 1. The molecule has 0 aliphatic carbocycles. The second-order valence-electron chi connectivity index (χ2n) is 3.09. The molecule has 2 rings (SSSR count). The van der Waals surface area contributed by atoms with Gasteiger partial charge in [-0.15, -0.1) is 0 Å². The van der Waals surface area contributed by atoms with E-state index in [1.54, 1.807) is 35.6 Å². The molecule has 4 nitrogen and oxygen atoms in total. The van der Waals surface area contributed by atoms with Crippen LogP contribution in [0.25, 0.3) is 0 Å². The molecule has 1 aliphatic rings. The van der Waals surface area contributed by atoms with Crippen LogP contribution < -0.4 is 5.32 Å². The van der Waals surface area contributed by atoms with Crippen LogP contribution >= 0.6 is 0 Å². The molecule has 0 atom stereocenters. The number of nitrogens with one attached hydrogen (secondary N) is 1. The van der Waals surface area contributed by atoms with E-state index in [2.05, 4.69) is 10.3 Å². The summed E-state index contributed by atoms with van der Waals surface area (Å²) >= 11 is 0. The van der Waals surface area contributed by atoms with Crippen molar-refractivity contribution >= 4 is 11.7 Å². The van der Waals surface area contributed by atoms with Crippen molar-refractivity contribution in [3.63, 3.8) is 0 Å². The lowest BCUT2D eigenvalue weighted by Gasteiger charge is -2.18. The van der Waals surface area contributed by atoms with Crippen LogP contribution in [0.4, 0.5) is 10.5 Å². The summed E-state index contributed by atoms with van der Waals surface area (Å²) in [5, 5.41) is 2.75. The van der Waals surface area contributed by atoms with Crippen molar-refractivity contribution in [2.45, 2.75) is 0 Å². The van der Waals surface area contributed by atoms with E-state index in [1.165, 1.54) is 0 Å². The third kappa shape index (κ3) is 2.43. The molecule has 4 heteroatoms. The monoisotopic (exact) mass is 201 g/mol. The van der Waals surface area contributed by atoms with E-state index < -0.39 is 0 Å². The number of amides is 2. The summed E-state index contributed by atoms with van der Waals surface area (Å²) in [6.07, 6.45) is 10.7. The maximum absolute atomic E-state index is 11.7. The fraction of sp³-hybridized carbons (Fsp3) is 0.0909. The van der Waals surface area contributed by atoms with Crippen molar-refractivity contribution in [1.29, 1.82) is 0 Å². The molecule has 2 heterocycles. The number of carbonyl (C=O) groups excluding carboxylic acids is 1. The van der Waals surface area contributed by atoms with Gasteiger partial charge in [-0.25, -0.2) is 4.79 Å². The van der Waals surface area contributed by atoms with E-state index in [0.717, 1.165) is 0 Å². The second kappa shape index (κ2) is 4.41. The first-order valence-electron chi connectivity index (χ1n) is 4.67. The van der Waals surface area contributed by atoms with Crippen molar-refractivity contribution in [3.8, 4) is 0 Å². The zero-order chi connectivity index (χ0) is 10.5. The minimum atomic E-state index is -0.149. The zero-order valence-electron chi connectivity index (χ0n) is 8.13. The molecule has 76 valence electrons. The summed E-state index contributed by atoms with van der Waals surface area (Å²) in [6.45, 7) is 0.600. The number of hydrogen-bond donors (Lipinski definition) is 1. The fourth-order valence-electron chi connectivity index (χ4n) is 1.25. The highest BCUT2D eigenvalue weighted by atomic mass is 16.2. The van der Waals surface area contributed by atoms with Gasteiger partial charge in [-0.3, -0.25) is 9.88 Å². The van der Waals surface area contributed by atoms with Crippen LogP contribution in [0.5, 0.6) is 0 Å². The highest BCUT2D eigenvalue weighted by Crippen LogP contribution is 2.06. The van der Waals surface area contributed by atoms with E-state index in [-0.39, 0.29) is 6.03 Å². The molecule has 0 fully saturated rings. The van der Waals surface area contributed by atoms with Crippen molar-refractivity contribution in [2.75, 3.05) is 11.9 Å². The molecular weight excluding hydrogens is 190 g/mol. The number of allylic oxidation sites excluding steroid dienone is 2. The molecule has 1 aliphatic heterocycles. The Kier molecular flexibility index (Phi) is 2.78. The molecule has 15 heavy (non-hydrogen) atoms. The van der Waals surface area contributed by atoms with Crippen LogP contribution in [0.1, 0.15) is 0 Å². The number of rotatable bonds is 1. The van der Waals surface area contributed by atoms with Gasteiger partial charge in [0, 0.05) is 18.9 Å². The van der Waals surface area contributed by atoms with Gasteiger partial charge in [0.25, 0.3) is 0 Å². The lowest BCUT2D eigenvalue weighted by Crippen LogP contribution is -2.31. The van der Waals surface area contributed by atoms with Gasteiger partial charge in [0.05, 0.1) is 11.9 Å². The van der Waals surface area contributed by atoms with E-state index >= 15 is 0 Å². The predicted octanol–water partition coefficient (Wildman–Crippen LogP) is 2.00. The van der Waals surface area contributed by atoms with Crippen LogP contribution in [0.15, 0.2) is 49.0 Å². The molecule has 1 aromatic rings. The Labute approximate surface area is 87.9 Å². The molecule has 0 aromatic carbocycles. The SMILES string of the molecule is O=C(Nc1cccnc1)N1C=CC=CC1. The molecule has 0 saturated carbocycles. The topological polar surface area (TPSA) is 45.2 Å². The Morgan fingerprint density at radius 3 is 3.07 bits per heavy atom. The minimum absolute atomic E-state index is 0.149. The Balaban J connectivity index is 1.98. The van der Waals surface area contributed by atoms with E-state index in [9.17, 15) is 4.79 Å². The number of nitrogens with zero attached hydrogens (tertiary/aromatic N) is 2. The van der Waals surface area contributed by atoms with Gasteiger partial charge in [-0.2, -0.15) is 0 Å². The lowest BCUT2D eigenvalue weighted by molar-refractivity contribution is 0.231. The van der Waals surface area contributed by atoms with Crippen molar-refractivity contribution < 1.29 is 4.79 Å². The summed E-state index contributed by atoms with van der Waals surface area (Å²) < 4.78 is 0. The first-order chi connectivity index (χ1) is 7.36. The third-order valence-electron chi connectivity index (χ3n) is 1.99. The van der Waals surface area contributed by atoms with Gasteiger partial charge in [0.2, 0.25) is 0 Å². The van der Waals surface area contributed by atoms with Crippen LogP contribution in [-0.2, 0) is 0 Å². The summed E-state index contributed by atoms with van der Waals surface area (Å²) in [5.74, 6) is 0. The summed E-state index contributed by atoms with van der Waals surface area (Å²) in [7, 11) is 0. The molecule has 0 bridgehead atoms. The summed E-state index contributed by atoms with van der Waals surface area (Å²) in [5.41, 5.74) is 0.699. The predicted molar refractivity (Wildman–Crippen MR) is 58.2 cm³/mol. The number of urea groups is 1. The van der Waals surface area contributed by atoms with Gasteiger partial charge >= 0.3 is 6.03 Å². The average molecular weight is 201 g/mol. The summed E-state index contributed by atoms with van der Waals surface area (Å²) in [6, 6.07) is 3.43. The van der Waals surface area contributed by atoms with Crippen LogP contribution in [0.2, 0.25) is 0 Å². The standard InChI is InChI=1S/C11H11N3O/c15-11(14-7-2-1-3-8-14)13-10-5-4-6-12-9-10/h1-7,9H,8H2,(H,13,15). The second-order valence-corrected chi connectivity index (χ2v) is 3.09. The third-order valence-corrected chi connectivity index (χ3v) is 1.99. The van der Waals surface area contributed by atoms with E-state index in [4.69, 9.17) is 0 Å². The number of anilines is 1. The molecule has 1 N–H and O–H groups in total.